The molecule has 3 aromatic heterocycles. The Bertz CT molecular complexity index is 1270. The number of aromatic nitrogens is 4. The Kier molecular flexibility index (Phi) is 5.67. The van der Waals surface area contributed by atoms with Crippen molar-refractivity contribution in [1.29, 1.82) is 0 Å². The predicted molar refractivity (Wildman–Crippen MR) is 134 cm³/mol. The molecular formula is C28H33N5O2. The number of carbonyl (C=O) groups is 1. The van der Waals surface area contributed by atoms with Crippen molar-refractivity contribution in [2.75, 3.05) is 20.3 Å². The summed E-state index contributed by atoms with van der Waals surface area (Å²) in [5, 5.41) is 4.74. The van der Waals surface area contributed by atoms with Gasteiger partial charge >= 0.3 is 0 Å². The van der Waals surface area contributed by atoms with Crippen molar-refractivity contribution in [3.05, 3.63) is 53.2 Å². The lowest BCUT2D eigenvalue weighted by atomic mass is 9.89. The van der Waals surface area contributed by atoms with Crippen LogP contribution >= 0.6 is 0 Å². The summed E-state index contributed by atoms with van der Waals surface area (Å²) < 4.78 is 7.28. The van der Waals surface area contributed by atoms with Crippen LogP contribution in [0, 0.1) is 5.41 Å². The molecule has 0 N–H and O–H groups in total. The highest BCUT2D eigenvalue weighted by atomic mass is 16.5. The summed E-state index contributed by atoms with van der Waals surface area (Å²) in [6, 6.07) is 4.28. The summed E-state index contributed by atoms with van der Waals surface area (Å²) in [5.74, 6) is 0.0201. The van der Waals surface area contributed by atoms with Crippen molar-refractivity contribution < 1.29 is 9.53 Å². The largest absolute Gasteiger partial charge is 0.383 e. The first kappa shape index (κ1) is 22.4. The molecule has 1 amide bonds. The van der Waals surface area contributed by atoms with E-state index in [1.54, 1.807) is 12.0 Å². The van der Waals surface area contributed by atoms with E-state index < -0.39 is 0 Å². The highest BCUT2D eigenvalue weighted by Crippen LogP contribution is 2.40. The zero-order valence-electron chi connectivity index (χ0n) is 20.7. The van der Waals surface area contributed by atoms with E-state index in [9.17, 15) is 4.79 Å². The average Bonchev–Trinajstić information content (AvgIpc) is 3.65. The Morgan fingerprint density at radius 1 is 1.03 bits per heavy atom. The van der Waals surface area contributed by atoms with Crippen molar-refractivity contribution >= 4 is 5.91 Å². The lowest BCUT2D eigenvalue weighted by Gasteiger charge is -2.23. The fourth-order valence-corrected chi connectivity index (χ4v) is 6.02. The zero-order valence-corrected chi connectivity index (χ0v) is 20.7. The van der Waals surface area contributed by atoms with Gasteiger partial charge in [-0.3, -0.25) is 19.4 Å². The van der Waals surface area contributed by atoms with Crippen LogP contribution in [0.25, 0.3) is 22.4 Å². The Morgan fingerprint density at radius 2 is 1.89 bits per heavy atom. The van der Waals surface area contributed by atoms with Gasteiger partial charge < -0.3 is 9.64 Å². The van der Waals surface area contributed by atoms with Crippen LogP contribution in [0.5, 0.6) is 0 Å². The van der Waals surface area contributed by atoms with Crippen molar-refractivity contribution in [1.82, 2.24) is 24.6 Å². The molecule has 0 saturated heterocycles. The van der Waals surface area contributed by atoms with Gasteiger partial charge in [-0.05, 0) is 55.2 Å². The van der Waals surface area contributed by atoms with Gasteiger partial charge in [-0.25, -0.2) is 0 Å². The second-order valence-electron chi connectivity index (χ2n) is 10.7. The SMILES string of the molecule is COCCN1Cc2ncc(-c3nc4c(cc3-c3cnn(CC5(C)CCCC5)c3)CCC4)cc2C1=O. The standard InChI is InChI=1S/C28H33N5O2/c1-28(8-3-4-9-28)18-33-16-21(15-30-33)22-12-19-6-5-7-24(19)31-26(22)20-13-23-25(29-14-20)17-32(27(23)34)10-11-35-2/h12-16H,3-11,17-18H2,1-2H3. The smallest absolute Gasteiger partial charge is 0.256 e. The van der Waals surface area contributed by atoms with E-state index in [4.69, 9.17) is 19.8 Å². The van der Waals surface area contributed by atoms with Gasteiger partial charge in [0.2, 0.25) is 0 Å². The van der Waals surface area contributed by atoms with E-state index >= 15 is 0 Å². The van der Waals surface area contributed by atoms with Crippen molar-refractivity contribution in [3.63, 3.8) is 0 Å². The van der Waals surface area contributed by atoms with Gasteiger partial charge in [-0.15, -0.1) is 0 Å². The molecule has 1 aliphatic heterocycles. The third-order valence-corrected chi connectivity index (χ3v) is 8.02. The summed E-state index contributed by atoms with van der Waals surface area (Å²) in [6.45, 7) is 4.96. The quantitative estimate of drug-likeness (QED) is 0.500. The summed E-state index contributed by atoms with van der Waals surface area (Å²) in [4.78, 5) is 24.6. The first-order valence-corrected chi connectivity index (χ1v) is 12.9. The summed E-state index contributed by atoms with van der Waals surface area (Å²) in [5.41, 5.74) is 8.29. The first-order chi connectivity index (χ1) is 17.0. The van der Waals surface area contributed by atoms with Crippen LogP contribution in [0.15, 0.2) is 30.7 Å². The topological polar surface area (TPSA) is 73.1 Å². The van der Waals surface area contributed by atoms with Gasteiger partial charge in [0.25, 0.3) is 5.91 Å². The predicted octanol–water partition coefficient (Wildman–Crippen LogP) is 4.68. The van der Waals surface area contributed by atoms with Crippen LogP contribution in [-0.2, 0) is 30.7 Å². The molecule has 7 heteroatoms. The van der Waals surface area contributed by atoms with Gasteiger partial charge in [-0.1, -0.05) is 19.8 Å². The van der Waals surface area contributed by atoms with Crippen LogP contribution in [0.3, 0.4) is 0 Å². The van der Waals surface area contributed by atoms with Crippen molar-refractivity contribution in [2.45, 2.75) is 65.0 Å². The number of nitrogens with zero attached hydrogens (tertiary/aromatic N) is 5. The van der Waals surface area contributed by atoms with Crippen LogP contribution in [0.2, 0.25) is 0 Å². The maximum atomic E-state index is 13.0. The van der Waals surface area contributed by atoms with Gasteiger partial charge in [0.05, 0.1) is 36.3 Å². The number of rotatable bonds is 7. The summed E-state index contributed by atoms with van der Waals surface area (Å²) in [7, 11) is 1.65. The molecule has 2 aliphatic carbocycles. The number of aryl methyl sites for hydroxylation is 2. The molecule has 3 aliphatic rings. The fourth-order valence-electron chi connectivity index (χ4n) is 6.02. The number of pyridine rings is 2. The van der Waals surface area contributed by atoms with Gasteiger partial charge in [0.15, 0.2) is 0 Å². The molecule has 1 saturated carbocycles. The van der Waals surface area contributed by atoms with E-state index in [2.05, 4.69) is 23.9 Å². The second-order valence-corrected chi connectivity index (χ2v) is 10.7. The number of ether oxygens (including phenoxy) is 1. The average molecular weight is 472 g/mol. The zero-order chi connectivity index (χ0) is 24.0. The van der Waals surface area contributed by atoms with Crippen LogP contribution in [0.4, 0.5) is 0 Å². The molecule has 0 atom stereocenters. The number of amides is 1. The van der Waals surface area contributed by atoms with Gasteiger partial charge in [-0.2, -0.15) is 5.10 Å². The minimum atomic E-state index is 0.0201. The van der Waals surface area contributed by atoms with Gasteiger partial charge in [0, 0.05) is 55.0 Å². The third-order valence-electron chi connectivity index (χ3n) is 8.02. The second kappa shape index (κ2) is 8.86. The minimum Gasteiger partial charge on any atom is -0.383 e. The highest BCUT2D eigenvalue weighted by Gasteiger charge is 2.31. The Hall–Kier alpha value is -3.06. The number of fused-ring (bicyclic) bond motifs is 2. The van der Waals surface area contributed by atoms with E-state index in [1.165, 1.54) is 36.9 Å². The maximum absolute atomic E-state index is 13.0. The maximum Gasteiger partial charge on any atom is 0.256 e. The van der Waals surface area contributed by atoms with Crippen molar-refractivity contribution in [3.8, 4) is 22.4 Å². The van der Waals surface area contributed by atoms with E-state index in [0.717, 1.165) is 53.9 Å². The summed E-state index contributed by atoms with van der Waals surface area (Å²) >= 11 is 0. The normalized spacial score (nSPS) is 18.3. The van der Waals surface area contributed by atoms with E-state index in [0.29, 0.717) is 30.7 Å². The van der Waals surface area contributed by atoms with Gasteiger partial charge in [0.1, 0.15) is 0 Å². The Labute approximate surface area is 206 Å². The molecular weight excluding hydrogens is 438 g/mol. The minimum absolute atomic E-state index is 0.0201. The van der Waals surface area contributed by atoms with Crippen LogP contribution in [-0.4, -0.2) is 50.8 Å². The Balaban J connectivity index is 1.36. The Morgan fingerprint density at radius 3 is 2.71 bits per heavy atom. The monoisotopic (exact) mass is 471 g/mol. The molecule has 3 aromatic rings. The molecule has 35 heavy (non-hydrogen) atoms. The van der Waals surface area contributed by atoms with E-state index in [1.807, 2.05) is 18.5 Å². The molecule has 0 aromatic carbocycles. The number of carbonyl (C=O) groups excluding carboxylic acids is 1. The number of hydrogen-bond acceptors (Lipinski definition) is 5. The van der Waals surface area contributed by atoms with Crippen molar-refractivity contribution in [2.24, 2.45) is 5.41 Å². The third kappa shape index (κ3) is 4.16. The number of hydrogen-bond donors (Lipinski definition) is 0. The first-order valence-electron chi connectivity index (χ1n) is 12.9. The fraction of sp³-hybridized carbons (Fsp3) is 0.500. The van der Waals surface area contributed by atoms with Crippen LogP contribution < -0.4 is 0 Å². The lowest BCUT2D eigenvalue weighted by Crippen LogP contribution is -2.27. The van der Waals surface area contributed by atoms with Crippen LogP contribution in [0.1, 0.15) is 66.3 Å². The summed E-state index contributed by atoms with van der Waals surface area (Å²) in [6.07, 6.45) is 14.4. The molecule has 0 spiro atoms. The molecule has 7 nitrogen and oxygen atoms in total. The highest BCUT2D eigenvalue weighted by molar-refractivity contribution is 5.99. The molecule has 0 unspecified atom stereocenters. The molecule has 182 valence electrons. The molecule has 1 fully saturated rings. The number of methoxy groups -OCH3 is 1. The van der Waals surface area contributed by atoms with E-state index in [-0.39, 0.29) is 5.91 Å². The lowest BCUT2D eigenvalue weighted by molar-refractivity contribution is 0.0719. The molecule has 0 bridgehead atoms. The molecule has 4 heterocycles. The molecule has 6 rings (SSSR count). The molecule has 0 radical (unpaired) electrons.